The molecule has 0 saturated carbocycles. The van der Waals surface area contributed by atoms with Crippen molar-refractivity contribution in [2.75, 3.05) is 11.9 Å². The third-order valence-corrected chi connectivity index (χ3v) is 4.22. The summed E-state index contributed by atoms with van der Waals surface area (Å²) in [5, 5.41) is 7.63. The first kappa shape index (κ1) is 15.5. The molecule has 21 heavy (non-hydrogen) atoms. The summed E-state index contributed by atoms with van der Waals surface area (Å²) >= 11 is 7.59. The first-order chi connectivity index (χ1) is 10.1. The molecule has 2 N–H and O–H groups in total. The van der Waals surface area contributed by atoms with E-state index in [0.717, 1.165) is 5.56 Å². The van der Waals surface area contributed by atoms with Crippen LogP contribution in [0.4, 0.5) is 5.69 Å². The number of hydrogen-bond donors (Lipinski definition) is 2. The standard InChI is InChI=1S/C15H15ClN2O2S/c1-10-4-5-11(9-13(10)16)18-15(20)14(19)17-7-6-12-3-2-8-21-12/h2-5,8-9H,6-7H2,1H3,(H,17,19)(H,18,20). The molecule has 0 spiro atoms. The van der Waals surface area contributed by atoms with Gasteiger partial charge in [-0.2, -0.15) is 0 Å². The van der Waals surface area contributed by atoms with Crippen LogP contribution in [0.25, 0.3) is 0 Å². The van der Waals surface area contributed by atoms with Crippen LogP contribution in [0.5, 0.6) is 0 Å². The number of carbonyl (C=O) groups excluding carboxylic acids is 2. The zero-order chi connectivity index (χ0) is 15.2. The second-order valence-corrected chi connectivity index (χ2v) is 5.94. The van der Waals surface area contributed by atoms with Crippen LogP contribution >= 0.6 is 22.9 Å². The Kier molecular flexibility index (Phi) is 5.36. The van der Waals surface area contributed by atoms with Gasteiger partial charge < -0.3 is 10.6 Å². The Morgan fingerprint density at radius 2 is 2.05 bits per heavy atom. The van der Waals surface area contributed by atoms with Crippen molar-refractivity contribution in [3.8, 4) is 0 Å². The zero-order valence-electron chi connectivity index (χ0n) is 11.5. The molecular weight excluding hydrogens is 308 g/mol. The maximum Gasteiger partial charge on any atom is 0.313 e. The van der Waals surface area contributed by atoms with E-state index in [2.05, 4.69) is 10.6 Å². The Morgan fingerprint density at radius 1 is 1.24 bits per heavy atom. The number of thiophene rings is 1. The molecule has 2 rings (SSSR count). The molecule has 1 aromatic heterocycles. The number of anilines is 1. The molecule has 0 aliphatic rings. The monoisotopic (exact) mass is 322 g/mol. The molecular formula is C15H15ClN2O2S. The summed E-state index contributed by atoms with van der Waals surface area (Å²) in [6, 6.07) is 9.05. The van der Waals surface area contributed by atoms with Gasteiger partial charge in [0.1, 0.15) is 0 Å². The quantitative estimate of drug-likeness (QED) is 0.850. The van der Waals surface area contributed by atoms with Gasteiger partial charge in [-0.25, -0.2) is 0 Å². The summed E-state index contributed by atoms with van der Waals surface area (Å²) in [7, 11) is 0. The van der Waals surface area contributed by atoms with Crippen molar-refractivity contribution >= 4 is 40.4 Å². The van der Waals surface area contributed by atoms with Crippen LogP contribution in [0, 0.1) is 6.92 Å². The van der Waals surface area contributed by atoms with Crippen LogP contribution < -0.4 is 10.6 Å². The van der Waals surface area contributed by atoms with Gasteiger partial charge in [0.15, 0.2) is 0 Å². The highest BCUT2D eigenvalue weighted by Crippen LogP contribution is 2.19. The highest BCUT2D eigenvalue weighted by molar-refractivity contribution is 7.09. The fraction of sp³-hybridized carbons (Fsp3) is 0.200. The molecule has 0 aliphatic heterocycles. The predicted molar refractivity (Wildman–Crippen MR) is 85.9 cm³/mol. The lowest BCUT2D eigenvalue weighted by atomic mass is 10.2. The highest BCUT2D eigenvalue weighted by Gasteiger charge is 2.13. The van der Waals surface area contributed by atoms with Crippen LogP contribution in [-0.2, 0) is 16.0 Å². The van der Waals surface area contributed by atoms with E-state index in [4.69, 9.17) is 11.6 Å². The van der Waals surface area contributed by atoms with E-state index in [1.54, 1.807) is 29.5 Å². The van der Waals surface area contributed by atoms with Crippen LogP contribution in [-0.4, -0.2) is 18.4 Å². The van der Waals surface area contributed by atoms with Crippen molar-refractivity contribution in [1.82, 2.24) is 5.32 Å². The topological polar surface area (TPSA) is 58.2 Å². The molecule has 0 saturated heterocycles. The Bertz CT molecular complexity index is 641. The molecule has 1 aromatic carbocycles. The Hall–Kier alpha value is -1.85. The molecule has 4 nitrogen and oxygen atoms in total. The third-order valence-electron chi connectivity index (χ3n) is 2.87. The summed E-state index contributed by atoms with van der Waals surface area (Å²) in [6.45, 7) is 2.30. The van der Waals surface area contributed by atoms with E-state index in [9.17, 15) is 9.59 Å². The van der Waals surface area contributed by atoms with Crippen molar-refractivity contribution < 1.29 is 9.59 Å². The first-order valence-corrected chi connectivity index (χ1v) is 7.70. The maximum absolute atomic E-state index is 11.7. The minimum Gasteiger partial charge on any atom is -0.347 e. The number of rotatable bonds is 4. The predicted octanol–water partition coefficient (Wildman–Crippen LogP) is 3.01. The lowest BCUT2D eigenvalue weighted by Gasteiger charge is -2.07. The molecule has 1 heterocycles. The van der Waals surface area contributed by atoms with E-state index in [1.807, 2.05) is 24.4 Å². The smallest absolute Gasteiger partial charge is 0.313 e. The number of nitrogens with one attached hydrogen (secondary N) is 2. The van der Waals surface area contributed by atoms with Gasteiger partial charge in [0, 0.05) is 22.1 Å². The average molecular weight is 323 g/mol. The summed E-state index contributed by atoms with van der Waals surface area (Å²) in [6.07, 6.45) is 0.715. The fourth-order valence-corrected chi connectivity index (χ4v) is 2.58. The van der Waals surface area contributed by atoms with Crippen molar-refractivity contribution in [3.05, 3.63) is 51.2 Å². The number of amides is 2. The van der Waals surface area contributed by atoms with Gasteiger partial charge in [-0.3, -0.25) is 9.59 Å². The highest BCUT2D eigenvalue weighted by atomic mass is 35.5. The van der Waals surface area contributed by atoms with Gasteiger partial charge in [0.05, 0.1) is 0 Å². The molecule has 0 bridgehead atoms. The van der Waals surface area contributed by atoms with Gasteiger partial charge in [-0.1, -0.05) is 23.7 Å². The van der Waals surface area contributed by atoms with Crippen molar-refractivity contribution in [3.63, 3.8) is 0 Å². The number of carbonyl (C=O) groups is 2. The number of aryl methyl sites for hydroxylation is 1. The van der Waals surface area contributed by atoms with Crippen molar-refractivity contribution in [2.24, 2.45) is 0 Å². The third kappa shape index (κ3) is 4.58. The van der Waals surface area contributed by atoms with E-state index in [-0.39, 0.29) is 0 Å². The largest absolute Gasteiger partial charge is 0.347 e. The molecule has 0 radical (unpaired) electrons. The van der Waals surface area contributed by atoms with Crippen molar-refractivity contribution in [2.45, 2.75) is 13.3 Å². The molecule has 2 aromatic rings. The second kappa shape index (κ2) is 7.24. The maximum atomic E-state index is 11.7. The number of halogens is 1. The lowest BCUT2D eigenvalue weighted by Crippen LogP contribution is -2.36. The molecule has 0 fully saturated rings. The van der Waals surface area contributed by atoms with E-state index in [1.165, 1.54) is 4.88 Å². The van der Waals surface area contributed by atoms with Crippen LogP contribution in [0.2, 0.25) is 5.02 Å². The molecule has 110 valence electrons. The first-order valence-electron chi connectivity index (χ1n) is 6.44. The normalized spacial score (nSPS) is 10.2. The Labute approximate surface area is 132 Å². The SMILES string of the molecule is Cc1ccc(NC(=O)C(=O)NCCc2cccs2)cc1Cl. The molecule has 0 aliphatic carbocycles. The van der Waals surface area contributed by atoms with Gasteiger partial charge in [-0.05, 0) is 42.5 Å². The van der Waals surface area contributed by atoms with Gasteiger partial charge in [0.25, 0.3) is 0 Å². The van der Waals surface area contributed by atoms with E-state index in [0.29, 0.717) is 23.7 Å². The summed E-state index contributed by atoms with van der Waals surface area (Å²) in [4.78, 5) is 24.6. The minimum atomic E-state index is -0.693. The van der Waals surface area contributed by atoms with Gasteiger partial charge in [0.2, 0.25) is 0 Å². The Morgan fingerprint density at radius 3 is 2.71 bits per heavy atom. The van der Waals surface area contributed by atoms with Crippen LogP contribution in [0.3, 0.4) is 0 Å². The van der Waals surface area contributed by atoms with Gasteiger partial charge >= 0.3 is 11.8 Å². The molecule has 2 amide bonds. The molecule has 0 atom stereocenters. The molecule has 6 heteroatoms. The average Bonchev–Trinajstić information content (AvgIpc) is 2.96. The fourth-order valence-electron chi connectivity index (χ4n) is 1.69. The zero-order valence-corrected chi connectivity index (χ0v) is 13.1. The lowest BCUT2D eigenvalue weighted by molar-refractivity contribution is -0.136. The summed E-state index contributed by atoms with van der Waals surface area (Å²) in [5.41, 5.74) is 1.42. The number of benzene rings is 1. The Balaban J connectivity index is 1.81. The number of hydrogen-bond acceptors (Lipinski definition) is 3. The molecule has 0 unspecified atom stereocenters. The summed E-state index contributed by atoms with van der Waals surface area (Å²) in [5.74, 6) is -1.34. The second-order valence-electron chi connectivity index (χ2n) is 4.50. The van der Waals surface area contributed by atoms with Crippen LogP contribution in [0.1, 0.15) is 10.4 Å². The van der Waals surface area contributed by atoms with E-state index >= 15 is 0 Å². The van der Waals surface area contributed by atoms with Crippen LogP contribution in [0.15, 0.2) is 35.7 Å². The van der Waals surface area contributed by atoms with Crippen molar-refractivity contribution in [1.29, 1.82) is 0 Å². The van der Waals surface area contributed by atoms with Gasteiger partial charge in [-0.15, -0.1) is 11.3 Å². The minimum absolute atomic E-state index is 0.432. The summed E-state index contributed by atoms with van der Waals surface area (Å²) < 4.78 is 0. The van der Waals surface area contributed by atoms with E-state index < -0.39 is 11.8 Å².